The molecule has 2 aromatic rings. The van der Waals surface area contributed by atoms with Gasteiger partial charge in [-0.2, -0.15) is 0 Å². The minimum atomic E-state index is -0.940. The molecule has 0 radical (unpaired) electrons. The van der Waals surface area contributed by atoms with Crippen LogP contribution in [0, 0.1) is 30.3 Å². The summed E-state index contributed by atoms with van der Waals surface area (Å²) in [5.41, 5.74) is -2.79. The van der Waals surface area contributed by atoms with Gasteiger partial charge in [0.15, 0.2) is 5.69 Å². The van der Waals surface area contributed by atoms with Crippen LogP contribution in [0.5, 0.6) is 0 Å². The van der Waals surface area contributed by atoms with Crippen LogP contribution >= 0.6 is 0 Å². The van der Waals surface area contributed by atoms with Crippen molar-refractivity contribution >= 4 is 28.6 Å². The fourth-order valence-electron chi connectivity index (χ4n) is 1.68. The molecule has 1 heterocycles. The van der Waals surface area contributed by atoms with Gasteiger partial charge in [0.25, 0.3) is 5.69 Å². The molecule has 112 valence electrons. The number of hydrogen-bond acceptors (Lipinski definition) is 8. The Kier molecular flexibility index (Phi) is 3.88. The van der Waals surface area contributed by atoms with Gasteiger partial charge < -0.3 is 5.32 Å². The highest BCUT2D eigenvalue weighted by atomic mass is 16.6. The summed E-state index contributed by atoms with van der Waals surface area (Å²) in [6, 6.07) is 5.90. The van der Waals surface area contributed by atoms with Crippen molar-refractivity contribution in [3.8, 4) is 0 Å². The number of nitro benzene ring substituents is 3. The molecule has 0 bridgehead atoms. The first-order valence-electron chi connectivity index (χ1n) is 5.69. The molecule has 22 heavy (non-hydrogen) atoms. The lowest BCUT2D eigenvalue weighted by atomic mass is 10.2. The summed E-state index contributed by atoms with van der Waals surface area (Å²) in [6.07, 6.45) is 1.38. The SMILES string of the molecule is O=[N+]([O-])c1cc([N+](=O)[O-])c(Nc2cccc[15n]2)c([N+](=O)[O-])c1. The third-order valence-corrected chi connectivity index (χ3v) is 2.60. The van der Waals surface area contributed by atoms with E-state index in [1.54, 1.807) is 12.1 Å². The highest BCUT2D eigenvalue weighted by molar-refractivity contribution is 5.80. The molecule has 2 rings (SSSR count). The van der Waals surface area contributed by atoms with E-state index < -0.39 is 37.5 Å². The van der Waals surface area contributed by atoms with Crippen molar-refractivity contribution in [3.05, 3.63) is 66.9 Å². The van der Waals surface area contributed by atoms with E-state index in [0.29, 0.717) is 12.1 Å². The third kappa shape index (κ3) is 2.92. The minimum absolute atomic E-state index is 0.127. The summed E-state index contributed by atoms with van der Waals surface area (Å²) < 4.78 is 0. The molecule has 11 nitrogen and oxygen atoms in total. The molecule has 1 N–H and O–H groups in total. The Morgan fingerprint density at radius 1 is 0.909 bits per heavy atom. The number of nitrogens with zero attached hydrogens (tertiary/aromatic N) is 4. The van der Waals surface area contributed by atoms with Crippen LogP contribution in [0.25, 0.3) is 0 Å². The molecule has 0 saturated carbocycles. The summed E-state index contributed by atoms with van der Waals surface area (Å²) in [6.45, 7) is 0. The maximum absolute atomic E-state index is 11.1. The fraction of sp³-hybridized carbons (Fsp3) is 0. The summed E-state index contributed by atoms with van der Waals surface area (Å²) in [7, 11) is 0. The van der Waals surface area contributed by atoms with Gasteiger partial charge in [-0.15, -0.1) is 0 Å². The summed E-state index contributed by atoms with van der Waals surface area (Å²) in [4.78, 5) is 33.9. The topological polar surface area (TPSA) is 154 Å². The predicted molar refractivity (Wildman–Crippen MR) is 73.9 cm³/mol. The maximum Gasteiger partial charge on any atom is 0.306 e. The van der Waals surface area contributed by atoms with Gasteiger partial charge in [0.05, 0.1) is 26.9 Å². The number of nitro groups is 3. The van der Waals surface area contributed by atoms with Crippen molar-refractivity contribution in [1.82, 2.24) is 4.98 Å². The van der Waals surface area contributed by atoms with Gasteiger partial charge in [-0.25, -0.2) is 4.98 Å². The molecule has 0 aliphatic rings. The van der Waals surface area contributed by atoms with Gasteiger partial charge in [0, 0.05) is 6.20 Å². The van der Waals surface area contributed by atoms with Crippen molar-refractivity contribution < 1.29 is 14.8 Å². The number of aromatic nitrogens is 1. The average molecular weight is 306 g/mol. The molecule has 11 heteroatoms. The van der Waals surface area contributed by atoms with Gasteiger partial charge in [-0.05, 0) is 12.1 Å². The second kappa shape index (κ2) is 5.78. The van der Waals surface area contributed by atoms with Gasteiger partial charge >= 0.3 is 11.4 Å². The lowest BCUT2D eigenvalue weighted by Gasteiger charge is -2.06. The highest BCUT2D eigenvalue weighted by Gasteiger charge is 2.30. The largest absolute Gasteiger partial charge is 0.329 e. The molecular weight excluding hydrogens is 299 g/mol. The highest BCUT2D eigenvalue weighted by Crippen LogP contribution is 2.39. The van der Waals surface area contributed by atoms with Crippen LogP contribution in [0.4, 0.5) is 28.6 Å². The second-order valence-corrected chi connectivity index (χ2v) is 3.97. The number of hydrogen-bond donors (Lipinski definition) is 1. The monoisotopic (exact) mass is 306 g/mol. The first-order chi connectivity index (χ1) is 10.4. The molecular formula is C11H7N5O6. The van der Waals surface area contributed by atoms with E-state index >= 15 is 0 Å². The molecule has 0 fully saturated rings. The van der Waals surface area contributed by atoms with E-state index in [0.717, 1.165) is 0 Å². The van der Waals surface area contributed by atoms with Crippen LogP contribution < -0.4 is 5.32 Å². The van der Waals surface area contributed by atoms with Gasteiger partial charge in [0.2, 0.25) is 0 Å². The van der Waals surface area contributed by atoms with Crippen LogP contribution in [0.1, 0.15) is 0 Å². The van der Waals surface area contributed by atoms with Crippen molar-refractivity contribution in [2.45, 2.75) is 0 Å². The Morgan fingerprint density at radius 3 is 1.91 bits per heavy atom. The molecule has 1 aromatic heterocycles. The second-order valence-electron chi connectivity index (χ2n) is 3.97. The van der Waals surface area contributed by atoms with Crippen molar-refractivity contribution in [2.24, 2.45) is 0 Å². The van der Waals surface area contributed by atoms with E-state index in [1.807, 2.05) is 0 Å². The first kappa shape index (κ1) is 14.8. The molecule has 0 atom stereocenters. The van der Waals surface area contributed by atoms with E-state index in [1.165, 1.54) is 12.3 Å². The zero-order valence-corrected chi connectivity index (χ0v) is 10.7. The van der Waals surface area contributed by atoms with Gasteiger partial charge in [-0.3, -0.25) is 30.3 Å². The Morgan fingerprint density at radius 2 is 1.50 bits per heavy atom. The predicted octanol–water partition coefficient (Wildman–Crippen LogP) is 2.55. The standard InChI is InChI=1S/C11H7N5O6/c17-14(18)7-5-8(15(19)20)11(9(6-7)16(21)22)13-10-3-1-2-4-12-10/h1-6H,(H,12,13)/i12+1. The Labute approximate surface area is 121 Å². The van der Waals surface area contributed by atoms with Gasteiger partial charge in [0.1, 0.15) is 5.82 Å². The molecule has 0 amide bonds. The van der Waals surface area contributed by atoms with E-state index in [2.05, 4.69) is 10.3 Å². The lowest BCUT2D eigenvalue weighted by Crippen LogP contribution is -2.04. The number of nitrogens with one attached hydrogen (secondary N) is 1. The first-order valence-corrected chi connectivity index (χ1v) is 5.69. The van der Waals surface area contributed by atoms with Crippen molar-refractivity contribution in [1.29, 1.82) is 0 Å². The molecule has 0 aliphatic carbocycles. The van der Waals surface area contributed by atoms with Crippen molar-refractivity contribution in [3.63, 3.8) is 0 Å². The average Bonchev–Trinajstić information content (AvgIpc) is 2.47. The van der Waals surface area contributed by atoms with Crippen LogP contribution in [0.3, 0.4) is 0 Å². The van der Waals surface area contributed by atoms with Crippen LogP contribution in [-0.4, -0.2) is 19.8 Å². The number of pyridine rings is 1. The van der Waals surface area contributed by atoms with Crippen molar-refractivity contribution in [2.75, 3.05) is 5.32 Å². The molecule has 0 aliphatic heterocycles. The minimum Gasteiger partial charge on any atom is -0.329 e. The van der Waals surface area contributed by atoms with Gasteiger partial charge in [-0.1, -0.05) is 6.07 Å². The summed E-state index contributed by atoms with van der Waals surface area (Å²) in [5.74, 6) is 0.127. The fourth-order valence-corrected chi connectivity index (χ4v) is 1.68. The van der Waals surface area contributed by atoms with E-state index in [9.17, 15) is 30.3 Å². The number of rotatable bonds is 5. The number of non-ortho nitro benzene ring substituents is 1. The quantitative estimate of drug-likeness (QED) is 0.652. The van der Waals surface area contributed by atoms with Crippen LogP contribution in [0.2, 0.25) is 0 Å². The van der Waals surface area contributed by atoms with E-state index in [4.69, 9.17) is 0 Å². The lowest BCUT2D eigenvalue weighted by molar-refractivity contribution is -0.401. The van der Waals surface area contributed by atoms with Crippen LogP contribution in [-0.2, 0) is 0 Å². The maximum atomic E-state index is 11.1. The Balaban J connectivity index is 2.66. The third-order valence-electron chi connectivity index (χ3n) is 2.60. The Hall–Kier alpha value is -3.63. The molecule has 0 saturated heterocycles. The molecule has 0 spiro atoms. The molecule has 0 unspecified atom stereocenters. The smallest absolute Gasteiger partial charge is 0.306 e. The van der Waals surface area contributed by atoms with Crippen LogP contribution in [0.15, 0.2) is 36.5 Å². The molecule has 1 aromatic carbocycles. The Bertz CT molecular complexity index is 728. The summed E-state index contributed by atoms with van der Waals surface area (Å²) >= 11 is 0. The normalized spacial score (nSPS) is 10.0. The number of benzene rings is 1. The summed E-state index contributed by atoms with van der Waals surface area (Å²) in [5, 5.41) is 35.3. The zero-order valence-electron chi connectivity index (χ0n) is 10.7. The van der Waals surface area contributed by atoms with E-state index in [-0.39, 0.29) is 5.82 Å². The zero-order chi connectivity index (χ0) is 16.3. The number of anilines is 2.